The summed E-state index contributed by atoms with van der Waals surface area (Å²) in [6.07, 6.45) is 1.69. The molecule has 3 rings (SSSR count). The van der Waals surface area contributed by atoms with E-state index < -0.39 is 17.9 Å². The number of aryl methyl sites for hydroxylation is 1. The van der Waals surface area contributed by atoms with Crippen LogP contribution in [0.3, 0.4) is 0 Å². The molecule has 0 saturated heterocycles. The maximum Gasteiger partial charge on any atom is 0.348 e. The van der Waals surface area contributed by atoms with Crippen LogP contribution < -0.4 is 20.3 Å². The van der Waals surface area contributed by atoms with Crippen molar-refractivity contribution in [2.45, 2.75) is 33.2 Å². The van der Waals surface area contributed by atoms with Gasteiger partial charge in [-0.2, -0.15) is 0 Å². The molecule has 0 aliphatic carbocycles. The molecule has 3 aromatic rings. The lowest BCUT2D eigenvalue weighted by molar-refractivity contribution is -0.119. The standard InChI is InChI=1S/C22H25N3O6S/c1-6-15(19(26)24-14-10-13(29-4)8-9-16(14)30-5)25-11-23-20-17(21(25)27)12(3)18(32-20)22(28)31-7-2/h8-11,15H,6-7H2,1-5H3,(H,24,26). The third kappa shape index (κ3) is 4.31. The number of hydrogen-bond acceptors (Lipinski definition) is 8. The second kappa shape index (κ2) is 9.82. The van der Waals surface area contributed by atoms with E-state index in [1.807, 2.05) is 0 Å². The lowest BCUT2D eigenvalue weighted by Crippen LogP contribution is -2.33. The Morgan fingerprint density at radius 1 is 1.22 bits per heavy atom. The average Bonchev–Trinajstić information content (AvgIpc) is 3.13. The molecule has 1 aromatic carbocycles. The molecule has 0 fully saturated rings. The van der Waals surface area contributed by atoms with Gasteiger partial charge in [0.1, 0.15) is 27.2 Å². The summed E-state index contributed by atoms with van der Waals surface area (Å²) >= 11 is 1.10. The van der Waals surface area contributed by atoms with Gasteiger partial charge >= 0.3 is 5.97 Å². The highest BCUT2D eigenvalue weighted by molar-refractivity contribution is 7.20. The van der Waals surface area contributed by atoms with Gasteiger partial charge in [-0.3, -0.25) is 14.2 Å². The molecule has 9 nitrogen and oxygen atoms in total. The molecule has 2 aromatic heterocycles. The van der Waals surface area contributed by atoms with Crippen molar-refractivity contribution >= 4 is 39.1 Å². The van der Waals surface area contributed by atoms with E-state index >= 15 is 0 Å². The maximum absolute atomic E-state index is 13.3. The summed E-state index contributed by atoms with van der Waals surface area (Å²) < 4.78 is 16.9. The fraction of sp³-hybridized carbons (Fsp3) is 0.364. The summed E-state index contributed by atoms with van der Waals surface area (Å²) in [5.74, 6) is 0.118. The number of methoxy groups -OCH3 is 2. The second-order valence-electron chi connectivity index (χ2n) is 6.89. The molecule has 0 aliphatic heterocycles. The molecule has 1 unspecified atom stereocenters. The zero-order valence-corrected chi connectivity index (χ0v) is 19.4. The number of amides is 1. The molecular weight excluding hydrogens is 434 g/mol. The van der Waals surface area contributed by atoms with Gasteiger partial charge in [0.05, 0.1) is 38.2 Å². The van der Waals surface area contributed by atoms with Gasteiger partial charge < -0.3 is 19.5 Å². The zero-order valence-electron chi connectivity index (χ0n) is 18.6. The highest BCUT2D eigenvalue weighted by atomic mass is 32.1. The first-order chi connectivity index (χ1) is 15.4. The number of carbonyl (C=O) groups excluding carboxylic acids is 2. The maximum atomic E-state index is 13.3. The van der Waals surface area contributed by atoms with Crippen molar-refractivity contribution in [3.8, 4) is 11.5 Å². The highest BCUT2D eigenvalue weighted by Gasteiger charge is 2.25. The van der Waals surface area contributed by atoms with Crippen LogP contribution in [0.1, 0.15) is 41.5 Å². The van der Waals surface area contributed by atoms with E-state index in [4.69, 9.17) is 14.2 Å². The van der Waals surface area contributed by atoms with Gasteiger partial charge in [-0.1, -0.05) is 6.92 Å². The van der Waals surface area contributed by atoms with Crippen LogP contribution in [-0.4, -0.2) is 42.3 Å². The van der Waals surface area contributed by atoms with Crippen LogP contribution >= 0.6 is 11.3 Å². The number of nitrogens with zero attached hydrogens (tertiary/aromatic N) is 2. The van der Waals surface area contributed by atoms with Crippen molar-refractivity contribution in [2.24, 2.45) is 0 Å². The molecular formula is C22H25N3O6S. The van der Waals surface area contributed by atoms with Crippen LogP contribution in [0.4, 0.5) is 5.69 Å². The van der Waals surface area contributed by atoms with Crippen LogP contribution in [0.15, 0.2) is 29.3 Å². The average molecular weight is 460 g/mol. The first-order valence-electron chi connectivity index (χ1n) is 10.1. The van der Waals surface area contributed by atoms with Crippen molar-refractivity contribution in [3.05, 3.63) is 45.3 Å². The van der Waals surface area contributed by atoms with E-state index in [1.54, 1.807) is 39.0 Å². The minimum Gasteiger partial charge on any atom is -0.497 e. The quantitative estimate of drug-likeness (QED) is 0.513. The summed E-state index contributed by atoms with van der Waals surface area (Å²) in [7, 11) is 3.02. The van der Waals surface area contributed by atoms with Crippen LogP contribution in [0, 0.1) is 6.92 Å². The zero-order chi connectivity index (χ0) is 23.4. The molecule has 32 heavy (non-hydrogen) atoms. The van der Waals surface area contributed by atoms with Gasteiger partial charge in [0.25, 0.3) is 5.56 Å². The van der Waals surface area contributed by atoms with Gasteiger partial charge in [-0.25, -0.2) is 9.78 Å². The Morgan fingerprint density at radius 3 is 2.59 bits per heavy atom. The summed E-state index contributed by atoms with van der Waals surface area (Å²) in [5.41, 5.74) is 0.535. The molecule has 0 saturated carbocycles. The van der Waals surface area contributed by atoms with Crippen molar-refractivity contribution in [1.82, 2.24) is 9.55 Å². The van der Waals surface area contributed by atoms with E-state index in [9.17, 15) is 14.4 Å². The van der Waals surface area contributed by atoms with Crippen molar-refractivity contribution < 1.29 is 23.8 Å². The van der Waals surface area contributed by atoms with Crippen LogP contribution in [0.5, 0.6) is 11.5 Å². The van der Waals surface area contributed by atoms with E-state index in [0.29, 0.717) is 44.3 Å². The predicted molar refractivity (Wildman–Crippen MR) is 122 cm³/mol. The van der Waals surface area contributed by atoms with Crippen LogP contribution in [0.2, 0.25) is 0 Å². The van der Waals surface area contributed by atoms with Crippen LogP contribution in [-0.2, 0) is 9.53 Å². The number of fused-ring (bicyclic) bond motifs is 1. The van der Waals surface area contributed by atoms with Gasteiger partial charge in [-0.05, 0) is 38.0 Å². The van der Waals surface area contributed by atoms with Gasteiger partial charge in [-0.15, -0.1) is 11.3 Å². The van der Waals surface area contributed by atoms with Gasteiger partial charge in [0, 0.05) is 6.07 Å². The predicted octanol–water partition coefficient (Wildman–Crippen LogP) is 3.55. The van der Waals surface area contributed by atoms with E-state index in [0.717, 1.165) is 11.3 Å². The molecule has 0 radical (unpaired) electrons. The number of anilines is 1. The first-order valence-corrected chi connectivity index (χ1v) is 10.9. The third-order valence-electron chi connectivity index (χ3n) is 5.03. The normalized spacial score (nSPS) is 11.8. The van der Waals surface area contributed by atoms with Crippen molar-refractivity contribution in [3.63, 3.8) is 0 Å². The Kier molecular flexibility index (Phi) is 7.14. The van der Waals surface area contributed by atoms with Gasteiger partial charge in [0.15, 0.2) is 0 Å². The minimum atomic E-state index is -0.819. The lowest BCUT2D eigenvalue weighted by atomic mass is 10.1. The molecule has 0 bridgehead atoms. The molecule has 1 N–H and O–H groups in total. The summed E-state index contributed by atoms with van der Waals surface area (Å²) in [6.45, 7) is 5.43. The minimum absolute atomic E-state index is 0.232. The Hall–Kier alpha value is -3.40. The number of benzene rings is 1. The molecule has 0 aliphatic rings. The SMILES string of the molecule is CCOC(=O)c1sc2ncn(C(CC)C(=O)Nc3cc(OC)ccc3OC)c(=O)c2c1C. The summed E-state index contributed by atoms with van der Waals surface area (Å²) in [4.78, 5) is 43.7. The van der Waals surface area contributed by atoms with Gasteiger partial charge in [0.2, 0.25) is 5.91 Å². The number of rotatable bonds is 8. The van der Waals surface area contributed by atoms with E-state index in [-0.39, 0.29) is 12.2 Å². The van der Waals surface area contributed by atoms with E-state index in [2.05, 4.69) is 10.3 Å². The third-order valence-corrected chi connectivity index (χ3v) is 6.21. The first kappa shape index (κ1) is 23.3. The Morgan fingerprint density at radius 2 is 1.97 bits per heavy atom. The largest absolute Gasteiger partial charge is 0.497 e. The molecule has 2 heterocycles. The lowest BCUT2D eigenvalue weighted by Gasteiger charge is -2.19. The molecule has 10 heteroatoms. The Balaban J connectivity index is 2.00. The van der Waals surface area contributed by atoms with Crippen molar-refractivity contribution in [1.29, 1.82) is 0 Å². The number of esters is 1. The fourth-order valence-corrected chi connectivity index (χ4v) is 4.42. The summed E-state index contributed by atoms with van der Waals surface area (Å²) in [5, 5.41) is 3.12. The Bertz CT molecular complexity index is 1220. The molecule has 1 amide bonds. The molecule has 170 valence electrons. The molecule has 0 spiro atoms. The second-order valence-corrected chi connectivity index (χ2v) is 7.89. The number of nitrogens with one attached hydrogen (secondary N) is 1. The van der Waals surface area contributed by atoms with Crippen LogP contribution in [0.25, 0.3) is 10.2 Å². The fourth-order valence-electron chi connectivity index (χ4n) is 3.39. The summed E-state index contributed by atoms with van der Waals surface area (Å²) in [6, 6.07) is 4.22. The highest BCUT2D eigenvalue weighted by Crippen LogP contribution is 2.31. The Labute approximate surface area is 188 Å². The number of carbonyl (C=O) groups is 2. The number of hydrogen-bond donors (Lipinski definition) is 1. The molecule has 1 atom stereocenters. The smallest absolute Gasteiger partial charge is 0.348 e. The number of aromatic nitrogens is 2. The monoisotopic (exact) mass is 459 g/mol. The number of ether oxygens (including phenoxy) is 3. The topological polar surface area (TPSA) is 109 Å². The van der Waals surface area contributed by atoms with E-state index in [1.165, 1.54) is 25.1 Å². The number of thiophene rings is 1. The van der Waals surface area contributed by atoms with Crippen molar-refractivity contribution in [2.75, 3.05) is 26.1 Å².